The molecule has 2 saturated heterocycles. The van der Waals surface area contributed by atoms with E-state index in [4.69, 9.17) is 0 Å². The Kier molecular flexibility index (Phi) is 4.33. The van der Waals surface area contributed by atoms with Crippen molar-refractivity contribution in [3.63, 3.8) is 0 Å². The van der Waals surface area contributed by atoms with Crippen molar-refractivity contribution in [1.29, 1.82) is 0 Å². The number of rotatable bonds is 4. The Morgan fingerprint density at radius 2 is 2.04 bits per heavy atom. The zero-order chi connectivity index (χ0) is 16.4. The second kappa shape index (κ2) is 6.61. The molecule has 0 aliphatic carbocycles. The van der Waals surface area contributed by atoms with E-state index in [0.717, 1.165) is 44.5 Å². The smallest absolute Gasteiger partial charge is 0.223 e. The molecule has 4 heterocycles. The van der Waals surface area contributed by atoms with Gasteiger partial charge in [0.2, 0.25) is 5.91 Å². The molecule has 4 rings (SSSR count). The van der Waals surface area contributed by atoms with Crippen molar-refractivity contribution in [3.8, 4) is 0 Å². The molecule has 2 aromatic heterocycles. The number of nitrogens with zero attached hydrogens (tertiary/aromatic N) is 4. The Morgan fingerprint density at radius 1 is 1.17 bits per heavy atom. The first kappa shape index (κ1) is 15.7. The first-order valence-corrected chi connectivity index (χ1v) is 9.43. The van der Waals surface area contributed by atoms with E-state index in [-0.39, 0.29) is 5.54 Å². The molecule has 2 fully saturated rings. The number of hydrogen-bond donors (Lipinski definition) is 0. The van der Waals surface area contributed by atoms with Crippen LogP contribution in [0.3, 0.4) is 0 Å². The van der Waals surface area contributed by atoms with Crippen LogP contribution in [0.15, 0.2) is 36.1 Å². The van der Waals surface area contributed by atoms with Crippen molar-refractivity contribution >= 4 is 17.2 Å². The molecule has 5 nitrogen and oxygen atoms in total. The second-order valence-electron chi connectivity index (χ2n) is 6.77. The van der Waals surface area contributed by atoms with Crippen molar-refractivity contribution in [2.24, 2.45) is 0 Å². The van der Waals surface area contributed by atoms with Crippen molar-refractivity contribution in [2.75, 3.05) is 13.1 Å². The summed E-state index contributed by atoms with van der Waals surface area (Å²) in [6.07, 6.45) is 9.33. The third-order valence-corrected chi connectivity index (χ3v) is 6.13. The number of pyridine rings is 1. The lowest BCUT2D eigenvalue weighted by atomic mass is 9.84. The predicted molar refractivity (Wildman–Crippen MR) is 93.4 cm³/mol. The van der Waals surface area contributed by atoms with Gasteiger partial charge in [0.05, 0.1) is 6.54 Å². The van der Waals surface area contributed by atoms with Crippen LogP contribution in [-0.2, 0) is 17.9 Å². The van der Waals surface area contributed by atoms with E-state index < -0.39 is 0 Å². The van der Waals surface area contributed by atoms with Crippen LogP contribution in [0.25, 0.3) is 0 Å². The van der Waals surface area contributed by atoms with E-state index in [9.17, 15) is 4.79 Å². The maximum Gasteiger partial charge on any atom is 0.223 e. The van der Waals surface area contributed by atoms with E-state index in [1.165, 1.54) is 5.01 Å². The number of carbonyl (C=O) groups excluding carboxylic acids is 1. The Bertz CT molecular complexity index is 680. The topological polar surface area (TPSA) is 49.3 Å². The molecule has 0 bridgehead atoms. The molecule has 126 valence electrons. The van der Waals surface area contributed by atoms with E-state index >= 15 is 0 Å². The number of hydrogen-bond acceptors (Lipinski definition) is 5. The number of aromatic nitrogens is 2. The summed E-state index contributed by atoms with van der Waals surface area (Å²) in [7, 11) is 0. The van der Waals surface area contributed by atoms with Crippen LogP contribution >= 0.6 is 11.3 Å². The number of amides is 1. The molecule has 0 N–H and O–H groups in total. The third-order valence-electron chi connectivity index (χ3n) is 5.37. The van der Waals surface area contributed by atoms with Gasteiger partial charge >= 0.3 is 0 Å². The summed E-state index contributed by atoms with van der Waals surface area (Å²) in [4.78, 5) is 25.6. The van der Waals surface area contributed by atoms with Crippen molar-refractivity contribution < 1.29 is 4.79 Å². The molecule has 1 amide bonds. The predicted octanol–water partition coefficient (Wildman–Crippen LogP) is 2.70. The molecule has 0 saturated carbocycles. The Morgan fingerprint density at radius 3 is 2.75 bits per heavy atom. The zero-order valence-corrected chi connectivity index (χ0v) is 14.5. The average molecular weight is 342 g/mol. The lowest BCUT2D eigenvalue weighted by Crippen LogP contribution is -2.52. The number of thiazole rings is 1. The quantitative estimate of drug-likeness (QED) is 0.857. The summed E-state index contributed by atoms with van der Waals surface area (Å²) in [5.74, 6) is 0.298. The largest absolute Gasteiger partial charge is 0.333 e. The van der Waals surface area contributed by atoms with Gasteiger partial charge in [0.25, 0.3) is 0 Å². The Hall–Kier alpha value is -1.79. The highest BCUT2D eigenvalue weighted by Crippen LogP contribution is 2.40. The summed E-state index contributed by atoms with van der Waals surface area (Å²) in [5.41, 5.74) is 1.17. The standard InChI is InChI=1S/C18H22N4OS/c23-17-3-4-18(22(17)13-15-2-1-7-19-12-15)5-9-21(10-6-18)14-16-20-8-11-24-16/h1-2,7-8,11-12H,3-6,9-10,13-14H2. The van der Waals surface area contributed by atoms with Crippen molar-refractivity contribution in [2.45, 2.75) is 44.3 Å². The van der Waals surface area contributed by atoms with E-state index in [1.807, 2.05) is 23.8 Å². The van der Waals surface area contributed by atoms with Crippen LogP contribution in [-0.4, -0.2) is 44.3 Å². The fraction of sp³-hybridized carbons (Fsp3) is 0.500. The van der Waals surface area contributed by atoms with Crippen LogP contribution in [0.2, 0.25) is 0 Å². The highest BCUT2D eigenvalue weighted by molar-refractivity contribution is 7.09. The first-order valence-electron chi connectivity index (χ1n) is 8.55. The molecular formula is C18H22N4OS. The molecule has 6 heteroatoms. The Balaban J connectivity index is 1.43. The maximum atomic E-state index is 12.5. The monoisotopic (exact) mass is 342 g/mol. The molecule has 0 atom stereocenters. The molecule has 0 unspecified atom stereocenters. The van der Waals surface area contributed by atoms with Crippen LogP contribution < -0.4 is 0 Å². The third kappa shape index (κ3) is 3.08. The van der Waals surface area contributed by atoms with E-state index in [1.54, 1.807) is 17.5 Å². The maximum absolute atomic E-state index is 12.5. The van der Waals surface area contributed by atoms with Gasteiger partial charge in [-0.2, -0.15) is 0 Å². The van der Waals surface area contributed by atoms with Crippen LogP contribution in [0, 0.1) is 0 Å². The van der Waals surface area contributed by atoms with E-state index in [2.05, 4.69) is 25.8 Å². The highest BCUT2D eigenvalue weighted by atomic mass is 32.1. The number of carbonyl (C=O) groups is 1. The first-order chi connectivity index (χ1) is 11.8. The normalized spacial score (nSPS) is 20.8. The molecule has 24 heavy (non-hydrogen) atoms. The average Bonchev–Trinajstić information content (AvgIpc) is 3.22. The molecule has 0 aromatic carbocycles. The molecule has 2 aliphatic heterocycles. The van der Waals surface area contributed by atoms with Gasteiger partial charge in [-0.1, -0.05) is 6.07 Å². The summed E-state index contributed by atoms with van der Waals surface area (Å²) in [6.45, 7) is 3.70. The summed E-state index contributed by atoms with van der Waals surface area (Å²) >= 11 is 1.72. The fourth-order valence-electron chi connectivity index (χ4n) is 3.97. The molecule has 2 aromatic rings. The lowest BCUT2D eigenvalue weighted by molar-refractivity contribution is -0.133. The number of likely N-dealkylation sites (tertiary alicyclic amines) is 2. The molecule has 1 spiro atoms. The SMILES string of the molecule is O=C1CCC2(CCN(Cc3nccs3)CC2)N1Cc1cccnc1. The second-order valence-corrected chi connectivity index (χ2v) is 7.75. The van der Waals surface area contributed by atoms with Crippen molar-refractivity contribution in [1.82, 2.24) is 19.8 Å². The van der Waals surface area contributed by atoms with Gasteiger partial charge < -0.3 is 4.90 Å². The highest BCUT2D eigenvalue weighted by Gasteiger charge is 2.46. The summed E-state index contributed by atoms with van der Waals surface area (Å²) in [6, 6.07) is 4.00. The van der Waals surface area contributed by atoms with Gasteiger partial charge in [-0.05, 0) is 30.9 Å². The van der Waals surface area contributed by atoms with Crippen LogP contribution in [0.5, 0.6) is 0 Å². The van der Waals surface area contributed by atoms with Gasteiger partial charge in [-0.25, -0.2) is 4.98 Å². The number of piperidine rings is 1. The summed E-state index contributed by atoms with van der Waals surface area (Å²) < 4.78 is 0. The van der Waals surface area contributed by atoms with Gasteiger partial charge in [-0.15, -0.1) is 11.3 Å². The van der Waals surface area contributed by atoms with Crippen molar-refractivity contribution in [3.05, 3.63) is 46.7 Å². The molecule has 2 aliphatic rings. The van der Waals surface area contributed by atoms with Gasteiger partial charge in [0.1, 0.15) is 5.01 Å². The van der Waals surface area contributed by atoms with E-state index in [0.29, 0.717) is 18.9 Å². The zero-order valence-electron chi connectivity index (χ0n) is 13.7. The van der Waals surface area contributed by atoms with Gasteiger partial charge in [0, 0.05) is 55.6 Å². The van der Waals surface area contributed by atoms with Gasteiger partial charge in [0.15, 0.2) is 0 Å². The summed E-state index contributed by atoms with van der Waals surface area (Å²) in [5, 5.41) is 3.21. The Labute approximate surface area is 146 Å². The van der Waals surface area contributed by atoms with Crippen LogP contribution in [0.1, 0.15) is 36.3 Å². The minimum Gasteiger partial charge on any atom is -0.333 e. The lowest BCUT2D eigenvalue weighted by Gasteiger charge is -2.45. The van der Waals surface area contributed by atoms with Crippen LogP contribution in [0.4, 0.5) is 0 Å². The fourth-order valence-corrected chi connectivity index (χ4v) is 4.63. The van der Waals surface area contributed by atoms with Gasteiger partial charge in [-0.3, -0.25) is 14.7 Å². The minimum absolute atomic E-state index is 0.0479. The minimum atomic E-state index is 0.0479. The molecular weight excluding hydrogens is 320 g/mol. The molecule has 0 radical (unpaired) electrons.